The van der Waals surface area contributed by atoms with Crippen LogP contribution in [0.4, 0.5) is 17.1 Å². The molecule has 0 unspecified atom stereocenters. The van der Waals surface area contributed by atoms with E-state index < -0.39 is 21.4 Å². The van der Waals surface area contributed by atoms with Gasteiger partial charge in [0, 0.05) is 33.5 Å². The van der Waals surface area contributed by atoms with E-state index in [1.165, 1.54) is 0 Å². The summed E-state index contributed by atoms with van der Waals surface area (Å²) >= 11 is 0. The lowest BCUT2D eigenvalue weighted by atomic mass is 9.79. The molecule has 0 saturated heterocycles. The standard InChI is InChI=1S/C60H42B3NO6/c1-2-8-56-55(7-1)65-61(66-56)49-31-19-43(20-32-49)13-16-46-25-37-52(38-26-46)64(53-39-27-47(28-40-53)17-14-44-21-33-50(34-22-44)62-67-57-9-3-4-10-58(57)68-62)54-41-29-48(30-42-54)18-15-45-23-35-51(36-24-45)63-69-59-11-5-6-12-60(59)70-63/h1-42H/b16-13+,17-14+,18-15?. The molecule has 0 aromatic heterocycles. The number of hydrogen-bond donors (Lipinski definition) is 0. The van der Waals surface area contributed by atoms with Crippen molar-refractivity contribution in [2.24, 2.45) is 0 Å². The van der Waals surface area contributed by atoms with Gasteiger partial charge in [0.15, 0.2) is 0 Å². The second kappa shape index (κ2) is 18.9. The smallest absolute Gasteiger partial charge is 0.519 e. The lowest BCUT2D eigenvalue weighted by molar-refractivity contribution is 0.518. The molecule has 0 aliphatic carbocycles. The van der Waals surface area contributed by atoms with Crippen LogP contribution in [0.2, 0.25) is 0 Å². The zero-order valence-electron chi connectivity index (χ0n) is 37.9. The first-order valence-corrected chi connectivity index (χ1v) is 23.3. The fourth-order valence-electron chi connectivity index (χ4n) is 8.63. The normalized spacial score (nSPS) is 13.3. The summed E-state index contributed by atoms with van der Waals surface area (Å²) in [5.74, 6) is 4.59. The van der Waals surface area contributed by atoms with Crippen molar-refractivity contribution < 1.29 is 27.9 Å². The van der Waals surface area contributed by atoms with Gasteiger partial charge >= 0.3 is 21.4 Å². The molecule has 0 amide bonds. The minimum atomic E-state index is -0.445. The maximum absolute atomic E-state index is 6.01. The molecule has 0 atom stereocenters. The van der Waals surface area contributed by atoms with Crippen LogP contribution in [0.15, 0.2) is 218 Å². The molecule has 0 N–H and O–H groups in total. The quantitative estimate of drug-likeness (QED) is 0.0894. The third-order valence-electron chi connectivity index (χ3n) is 12.4. The van der Waals surface area contributed by atoms with Gasteiger partial charge < -0.3 is 32.8 Å². The predicted molar refractivity (Wildman–Crippen MR) is 286 cm³/mol. The molecule has 0 saturated carbocycles. The number of rotatable bonds is 12. The molecule has 332 valence electrons. The van der Waals surface area contributed by atoms with Crippen molar-refractivity contribution in [3.8, 4) is 34.5 Å². The van der Waals surface area contributed by atoms with Gasteiger partial charge in [0.1, 0.15) is 34.5 Å². The maximum Gasteiger partial charge on any atom is 0.632 e. The van der Waals surface area contributed by atoms with Crippen LogP contribution >= 0.6 is 0 Å². The van der Waals surface area contributed by atoms with Gasteiger partial charge in [-0.1, -0.05) is 182 Å². The summed E-state index contributed by atoms with van der Waals surface area (Å²) in [6.07, 6.45) is 12.8. The van der Waals surface area contributed by atoms with Gasteiger partial charge in [-0.2, -0.15) is 0 Å². The summed E-state index contributed by atoms with van der Waals surface area (Å²) in [6, 6.07) is 74.1. The summed E-state index contributed by atoms with van der Waals surface area (Å²) in [4.78, 5) is 2.28. The van der Waals surface area contributed by atoms with Crippen molar-refractivity contribution in [1.82, 2.24) is 0 Å². The van der Waals surface area contributed by atoms with Gasteiger partial charge in [-0.15, -0.1) is 0 Å². The highest BCUT2D eigenvalue weighted by Gasteiger charge is 2.35. The van der Waals surface area contributed by atoms with Crippen LogP contribution in [0.3, 0.4) is 0 Å². The van der Waals surface area contributed by atoms with E-state index in [4.69, 9.17) is 27.9 Å². The zero-order chi connectivity index (χ0) is 46.6. The highest BCUT2D eigenvalue weighted by Crippen LogP contribution is 2.37. The number of para-hydroxylation sites is 6. The van der Waals surface area contributed by atoms with Crippen molar-refractivity contribution in [1.29, 1.82) is 0 Å². The highest BCUT2D eigenvalue weighted by atomic mass is 16.6. The Balaban J connectivity index is 0.748. The molecule has 0 bridgehead atoms. The summed E-state index contributed by atoms with van der Waals surface area (Å²) in [7, 11) is -1.33. The van der Waals surface area contributed by atoms with E-state index in [1.54, 1.807) is 0 Å². The summed E-state index contributed by atoms with van der Waals surface area (Å²) < 4.78 is 36.1. The van der Waals surface area contributed by atoms with Gasteiger partial charge in [0.05, 0.1) is 0 Å². The second-order valence-corrected chi connectivity index (χ2v) is 17.2. The first kappa shape index (κ1) is 42.4. The van der Waals surface area contributed by atoms with Crippen LogP contribution in [0.5, 0.6) is 34.5 Å². The third-order valence-corrected chi connectivity index (χ3v) is 12.4. The molecule has 70 heavy (non-hydrogen) atoms. The number of fused-ring (bicyclic) bond motifs is 3. The third kappa shape index (κ3) is 9.18. The van der Waals surface area contributed by atoms with Crippen molar-refractivity contribution in [2.45, 2.75) is 0 Å². The molecule has 3 aliphatic heterocycles. The number of anilines is 3. The van der Waals surface area contributed by atoms with Gasteiger partial charge in [-0.05, 0) is 106 Å². The van der Waals surface area contributed by atoms with Crippen LogP contribution in [0.1, 0.15) is 33.4 Å². The number of hydrogen-bond acceptors (Lipinski definition) is 7. The Kier molecular flexibility index (Phi) is 11.5. The monoisotopic (exact) mass is 905 g/mol. The molecule has 3 aliphatic rings. The van der Waals surface area contributed by atoms with Gasteiger partial charge in [0.25, 0.3) is 0 Å². The SMILES string of the molecule is C(=Cc1ccc(N(c2ccc(/C=C/c3ccc(B4Oc5ccccc5O4)cc3)cc2)c2ccc(/C=C/c3ccc(B4Oc5ccccc5O4)cc3)cc2)cc1)c1ccc(B2Oc3ccccc3O2)cc1. The second-order valence-electron chi connectivity index (χ2n) is 17.2. The molecule has 0 spiro atoms. The van der Waals surface area contributed by atoms with Gasteiger partial charge in [-0.25, -0.2) is 0 Å². The molecular weight excluding hydrogens is 863 g/mol. The van der Waals surface area contributed by atoms with E-state index in [9.17, 15) is 0 Å². The molecule has 12 rings (SSSR count). The van der Waals surface area contributed by atoms with Crippen LogP contribution in [-0.2, 0) is 0 Å². The summed E-state index contributed by atoms with van der Waals surface area (Å²) in [5.41, 5.74) is 12.6. The minimum Gasteiger partial charge on any atom is -0.519 e. The Morgan fingerprint density at radius 1 is 0.229 bits per heavy atom. The fraction of sp³-hybridized carbons (Fsp3) is 0. The summed E-state index contributed by atoms with van der Waals surface area (Å²) in [5, 5.41) is 0. The Labute approximate surface area is 408 Å². The molecule has 0 fully saturated rings. The van der Waals surface area contributed by atoms with E-state index >= 15 is 0 Å². The Morgan fingerprint density at radius 3 is 0.614 bits per heavy atom. The Morgan fingerprint density at radius 2 is 0.414 bits per heavy atom. The van der Waals surface area contributed by atoms with Crippen molar-refractivity contribution in [3.63, 3.8) is 0 Å². The molecule has 9 aromatic carbocycles. The van der Waals surface area contributed by atoms with Crippen molar-refractivity contribution >= 4 is 91.3 Å². The largest absolute Gasteiger partial charge is 0.632 e. The molecule has 9 aromatic rings. The van der Waals surface area contributed by atoms with Crippen LogP contribution in [0, 0.1) is 0 Å². The zero-order valence-corrected chi connectivity index (χ0v) is 37.9. The van der Waals surface area contributed by atoms with Crippen LogP contribution in [-0.4, -0.2) is 21.4 Å². The lowest BCUT2D eigenvalue weighted by Crippen LogP contribution is -2.38. The Hall–Kier alpha value is -9.01. The van der Waals surface area contributed by atoms with Crippen molar-refractivity contribution in [3.05, 3.63) is 252 Å². The van der Waals surface area contributed by atoms with E-state index in [0.29, 0.717) is 0 Å². The fourth-order valence-corrected chi connectivity index (χ4v) is 8.63. The molecule has 3 heterocycles. The average Bonchev–Trinajstić information content (AvgIpc) is 4.19. The number of benzene rings is 9. The van der Waals surface area contributed by atoms with Gasteiger partial charge in [0.2, 0.25) is 0 Å². The maximum atomic E-state index is 6.01. The van der Waals surface area contributed by atoms with E-state index in [1.807, 2.05) is 72.8 Å². The lowest BCUT2D eigenvalue weighted by Gasteiger charge is -2.26. The topological polar surface area (TPSA) is 58.6 Å². The molecular formula is C60H42B3NO6. The molecule has 0 radical (unpaired) electrons. The van der Waals surface area contributed by atoms with E-state index in [0.717, 1.165) is 101 Å². The average molecular weight is 905 g/mol. The molecule has 10 heteroatoms. The molecule has 7 nitrogen and oxygen atoms in total. The van der Waals surface area contributed by atoms with Crippen molar-refractivity contribution in [2.75, 3.05) is 4.90 Å². The van der Waals surface area contributed by atoms with Gasteiger partial charge in [-0.3, -0.25) is 0 Å². The highest BCUT2D eigenvalue weighted by molar-refractivity contribution is 6.64. The summed E-state index contributed by atoms with van der Waals surface area (Å²) in [6.45, 7) is 0. The van der Waals surface area contributed by atoms with Crippen LogP contribution in [0.25, 0.3) is 36.5 Å². The predicted octanol–water partition coefficient (Wildman–Crippen LogP) is 12.2. The number of nitrogens with zero attached hydrogens (tertiary/aromatic N) is 1. The first-order valence-electron chi connectivity index (χ1n) is 23.3. The Bertz CT molecular complexity index is 2940. The van der Waals surface area contributed by atoms with Crippen LogP contribution < -0.4 is 49.2 Å². The minimum absolute atomic E-state index is 0.445. The van der Waals surface area contributed by atoms with E-state index in [-0.39, 0.29) is 0 Å². The first-order chi connectivity index (χ1) is 34.6. The van der Waals surface area contributed by atoms with E-state index in [2.05, 4.69) is 187 Å².